The predicted molar refractivity (Wildman–Crippen MR) is 70.8 cm³/mol. The Bertz CT molecular complexity index is 412. The fourth-order valence-electron chi connectivity index (χ4n) is 1.49. The van der Waals surface area contributed by atoms with E-state index in [9.17, 15) is 0 Å². The molecule has 0 radical (unpaired) electrons. The van der Waals surface area contributed by atoms with Gasteiger partial charge in [-0.3, -0.25) is 4.98 Å². The van der Waals surface area contributed by atoms with Gasteiger partial charge in [-0.05, 0) is 36.1 Å². The zero-order chi connectivity index (χ0) is 11.4. The molecule has 84 valence electrons. The van der Waals surface area contributed by atoms with Crippen molar-refractivity contribution in [1.82, 2.24) is 4.98 Å². The minimum Gasteiger partial charge on any atom is -0.327 e. The average Bonchev–Trinajstić information content (AvgIpc) is 2.79. The van der Waals surface area contributed by atoms with Crippen LogP contribution in [0.15, 0.2) is 46.2 Å². The second-order valence-electron chi connectivity index (χ2n) is 3.61. The molecule has 4 heteroatoms. The van der Waals surface area contributed by atoms with Crippen LogP contribution >= 0.6 is 23.1 Å². The molecule has 2 aromatic rings. The molecule has 0 spiro atoms. The Morgan fingerprint density at radius 3 is 2.62 bits per heavy atom. The molecule has 2 unspecified atom stereocenters. The largest absolute Gasteiger partial charge is 0.327 e. The number of hydrogen-bond acceptors (Lipinski definition) is 4. The molecule has 2 N–H and O–H groups in total. The molecule has 0 saturated carbocycles. The molecule has 16 heavy (non-hydrogen) atoms. The zero-order valence-corrected chi connectivity index (χ0v) is 10.7. The summed E-state index contributed by atoms with van der Waals surface area (Å²) in [6.07, 6.45) is 3.64. The summed E-state index contributed by atoms with van der Waals surface area (Å²) in [7, 11) is 0. The third kappa shape index (κ3) is 2.84. The van der Waals surface area contributed by atoms with Crippen LogP contribution in [0.5, 0.6) is 0 Å². The van der Waals surface area contributed by atoms with E-state index in [0.29, 0.717) is 5.25 Å². The molecule has 0 aliphatic rings. The van der Waals surface area contributed by atoms with Crippen LogP contribution in [0.1, 0.15) is 17.7 Å². The van der Waals surface area contributed by atoms with Gasteiger partial charge >= 0.3 is 0 Å². The van der Waals surface area contributed by atoms with Gasteiger partial charge in [0.05, 0.1) is 9.46 Å². The van der Waals surface area contributed by atoms with Gasteiger partial charge in [-0.2, -0.15) is 0 Å². The Kier molecular flexibility index (Phi) is 3.98. The summed E-state index contributed by atoms with van der Waals surface area (Å²) in [5.74, 6) is 0. The molecule has 0 fully saturated rings. The summed E-state index contributed by atoms with van der Waals surface area (Å²) in [5, 5.41) is 2.38. The Hall–Kier alpha value is -0.840. The van der Waals surface area contributed by atoms with E-state index in [2.05, 4.69) is 22.5 Å². The first-order valence-corrected chi connectivity index (χ1v) is 6.89. The number of hydrogen-bond donors (Lipinski definition) is 1. The lowest BCUT2D eigenvalue weighted by molar-refractivity contribution is 0.721. The number of pyridine rings is 1. The lowest BCUT2D eigenvalue weighted by Gasteiger charge is -2.19. The van der Waals surface area contributed by atoms with Crippen LogP contribution < -0.4 is 5.73 Å². The third-order valence-corrected chi connectivity index (χ3v) is 4.81. The van der Waals surface area contributed by atoms with E-state index in [0.717, 1.165) is 0 Å². The number of thioether (sulfide) groups is 1. The van der Waals surface area contributed by atoms with Gasteiger partial charge in [0, 0.05) is 18.4 Å². The first-order valence-electron chi connectivity index (χ1n) is 5.13. The smallest absolute Gasteiger partial charge is 0.0605 e. The Morgan fingerprint density at radius 1 is 1.31 bits per heavy atom. The third-order valence-electron chi connectivity index (χ3n) is 2.25. The molecule has 2 aromatic heterocycles. The van der Waals surface area contributed by atoms with Gasteiger partial charge in [-0.15, -0.1) is 23.1 Å². The summed E-state index contributed by atoms with van der Waals surface area (Å²) >= 11 is 3.58. The van der Waals surface area contributed by atoms with Crippen molar-refractivity contribution >= 4 is 23.1 Å². The minimum atomic E-state index is 0.120. The van der Waals surface area contributed by atoms with Crippen LogP contribution in [0.2, 0.25) is 0 Å². The van der Waals surface area contributed by atoms with Crippen molar-refractivity contribution < 1.29 is 0 Å². The SMILES string of the molecule is CC(N)C(Sc1cccs1)c1ccncc1. The highest BCUT2D eigenvalue weighted by Crippen LogP contribution is 2.38. The maximum Gasteiger partial charge on any atom is 0.0605 e. The van der Waals surface area contributed by atoms with Crippen molar-refractivity contribution in [3.05, 3.63) is 47.6 Å². The molecule has 0 saturated heterocycles. The van der Waals surface area contributed by atoms with Crippen molar-refractivity contribution in [3.63, 3.8) is 0 Å². The summed E-state index contributed by atoms with van der Waals surface area (Å²) in [4.78, 5) is 4.04. The molecule has 2 heterocycles. The molecular weight excluding hydrogens is 236 g/mol. The molecule has 2 nitrogen and oxygen atoms in total. The first kappa shape index (κ1) is 11.6. The maximum atomic E-state index is 6.05. The predicted octanol–water partition coefficient (Wildman–Crippen LogP) is 3.32. The van der Waals surface area contributed by atoms with Crippen molar-refractivity contribution in [2.45, 2.75) is 22.4 Å². The van der Waals surface area contributed by atoms with Crippen molar-refractivity contribution in [3.8, 4) is 0 Å². The van der Waals surface area contributed by atoms with E-state index >= 15 is 0 Å². The monoisotopic (exact) mass is 250 g/mol. The molecule has 2 rings (SSSR count). The van der Waals surface area contributed by atoms with Gasteiger partial charge in [-0.1, -0.05) is 6.07 Å². The summed E-state index contributed by atoms with van der Waals surface area (Å²) in [6, 6.07) is 8.39. The second-order valence-corrected chi connectivity index (χ2v) is 6.00. The number of thiophene rings is 1. The Balaban J connectivity index is 2.18. The maximum absolute atomic E-state index is 6.05. The molecule has 2 atom stereocenters. The summed E-state index contributed by atoms with van der Waals surface area (Å²) in [6.45, 7) is 2.05. The molecule has 0 aliphatic heterocycles. The lowest BCUT2D eigenvalue weighted by atomic mass is 10.1. The highest BCUT2D eigenvalue weighted by atomic mass is 32.2. The van der Waals surface area contributed by atoms with Crippen LogP contribution in [-0.4, -0.2) is 11.0 Å². The molecule has 0 aliphatic carbocycles. The Morgan fingerprint density at radius 2 is 2.06 bits per heavy atom. The van der Waals surface area contributed by atoms with Crippen molar-refractivity contribution in [1.29, 1.82) is 0 Å². The standard InChI is InChI=1S/C12H14N2S2/c1-9(13)12(10-4-6-14-7-5-10)16-11-3-2-8-15-11/h2-9,12H,13H2,1H3. The summed E-state index contributed by atoms with van der Waals surface area (Å²) < 4.78 is 1.30. The second kappa shape index (κ2) is 5.48. The number of nitrogens with two attached hydrogens (primary N) is 1. The molecular formula is C12H14N2S2. The Labute approximate surface area is 104 Å². The topological polar surface area (TPSA) is 38.9 Å². The van der Waals surface area contributed by atoms with E-state index in [-0.39, 0.29) is 6.04 Å². The van der Waals surface area contributed by atoms with Gasteiger partial charge in [0.2, 0.25) is 0 Å². The highest BCUT2D eigenvalue weighted by molar-refractivity contribution is 8.01. The minimum absolute atomic E-state index is 0.120. The van der Waals surface area contributed by atoms with E-state index in [1.54, 1.807) is 11.3 Å². The van der Waals surface area contributed by atoms with Crippen molar-refractivity contribution in [2.24, 2.45) is 5.73 Å². The summed E-state index contributed by atoms with van der Waals surface area (Å²) in [5.41, 5.74) is 7.29. The van der Waals surface area contributed by atoms with E-state index < -0.39 is 0 Å². The normalized spacial score (nSPS) is 14.6. The van der Waals surface area contributed by atoms with E-state index in [1.807, 2.05) is 43.2 Å². The van der Waals surface area contributed by atoms with Gasteiger partial charge < -0.3 is 5.73 Å². The van der Waals surface area contributed by atoms with Crippen LogP contribution in [0, 0.1) is 0 Å². The highest BCUT2D eigenvalue weighted by Gasteiger charge is 2.17. The van der Waals surface area contributed by atoms with Gasteiger partial charge in [0.1, 0.15) is 0 Å². The number of rotatable bonds is 4. The van der Waals surface area contributed by atoms with Crippen LogP contribution in [0.3, 0.4) is 0 Å². The van der Waals surface area contributed by atoms with E-state index in [1.165, 1.54) is 9.77 Å². The fourth-order valence-corrected chi connectivity index (χ4v) is 3.55. The van der Waals surface area contributed by atoms with Crippen LogP contribution in [0.25, 0.3) is 0 Å². The number of aromatic nitrogens is 1. The average molecular weight is 250 g/mol. The van der Waals surface area contributed by atoms with Crippen LogP contribution in [-0.2, 0) is 0 Å². The van der Waals surface area contributed by atoms with Gasteiger partial charge in [0.15, 0.2) is 0 Å². The number of nitrogens with zero attached hydrogens (tertiary/aromatic N) is 1. The van der Waals surface area contributed by atoms with E-state index in [4.69, 9.17) is 5.73 Å². The molecule has 0 aromatic carbocycles. The molecule has 0 bridgehead atoms. The van der Waals surface area contributed by atoms with Gasteiger partial charge in [-0.25, -0.2) is 0 Å². The fraction of sp³-hybridized carbons (Fsp3) is 0.250. The lowest BCUT2D eigenvalue weighted by Crippen LogP contribution is -2.22. The van der Waals surface area contributed by atoms with Gasteiger partial charge in [0.25, 0.3) is 0 Å². The van der Waals surface area contributed by atoms with Crippen LogP contribution in [0.4, 0.5) is 0 Å². The van der Waals surface area contributed by atoms with Crippen molar-refractivity contribution in [2.75, 3.05) is 0 Å². The quantitative estimate of drug-likeness (QED) is 0.846. The first-order chi connectivity index (χ1) is 7.77. The molecule has 0 amide bonds. The zero-order valence-electron chi connectivity index (χ0n) is 9.04.